The maximum absolute atomic E-state index is 8.75. The van der Waals surface area contributed by atoms with Crippen LogP contribution in [0.4, 0.5) is 0 Å². The van der Waals surface area contributed by atoms with E-state index in [-0.39, 0.29) is 0 Å². The summed E-state index contributed by atoms with van der Waals surface area (Å²) < 4.78 is 1.30. The molecular formula is C12H11NS. The van der Waals surface area contributed by atoms with Crippen LogP contribution in [0.25, 0.3) is 10.1 Å². The van der Waals surface area contributed by atoms with E-state index in [2.05, 4.69) is 37.4 Å². The first-order valence-corrected chi connectivity index (χ1v) is 5.44. The molecule has 0 saturated heterocycles. The lowest BCUT2D eigenvalue weighted by Crippen LogP contribution is -1.85. The molecule has 0 atom stereocenters. The minimum Gasteiger partial charge on any atom is -0.198 e. The number of hydrogen-bond donors (Lipinski definition) is 0. The zero-order chi connectivity index (χ0) is 10.1. The third-order valence-electron chi connectivity index (χ3n) is 2.35. The topological polar surface area (TPSA) is 23.8 Å². The Morgan fingerprint density at radius 1 is 1.36 bits per heavy atom. The second-order valence-electron chi connectivity index (χ2n) is 3.55. The number of hydrogen-bond acceptors (Lipinski definition) is 2. The van der Waals surface area contributed by atoms with Crippen LogP contribution in [0, 0.1) is 25.2 Å². The van der Waals surface area contributed by atoms with E-state index in [1.807, 2.05) is 0 Å². The summed E-state index contributed by atoms with van der Waals surface area (Å²) in [6.07, 6.45) is 0.510. The molecular weight excluding hydrogens is 190 g/mol. The van der Waals surface area contributed by atoms with Crippen LogP contribution >= 0.6 is 11.3 Å². The van der Waals surface area contributed by atoms with Crippen LogP contribution in [0.5, 0.6) is 0 Å². The van der Waals surface area contributed by atoms with Crippen molar-refractivity contribution >= 4 is 21.4 Å². The lowest BCUT2D eigenvalue weighted by atomic mass is 10.0. The number of nitrogens with zero attached hydrogens (tertiary/aromatic N) is 1. The summed E-state index contributed by atoms with van der Waals surface area (Å²) in [5.74, 6) is 0. The van der Waals surface area contributed by atoms with Crippen molar-refractivity contribution in [1.29, 1.82) is 5.26 Å². The highest BCUT2D eigenvalue weighted by Crippen LogP contribution is 2.30. The fourth-order valence-electron chi connectivity index (χ4n) is 1.80. The molecule has 0 fully saturated rings. The van der Waals surface area contributed by atoms with Gasteiger partial charge in [-0.3, -0.25) is 0 Å². The van der Waals surface area contributed by atoms with Crippen molar-refractivity contribution in [3.05, 3.63) is 34.2 Å². The van der Waals surface area contributed by atoms with Crippen LogP contribution in [0.15, 0.2) is 17.5 Å². The fraction of sp³-hybridized carbons (Fsp3) is 0.250. The van der Waals surface area contributed by atoms with Crippen LogP contribution < -0.4 is 0 Å². The van der Waals surface area contributed by atoms with Crippen molar-refractivity contribution in [3.8, 4) is 6.07 Å². The molecule has 0 bridgehead atoms. The summed E-state index contributed by atoms with van der Waals surface area (Å²) in [6.45, 7) is 4.18. The highest BCUT2D eigenvalue weighted by molar-refractivity contribution is 7.17. The molecule has 2 heteroatoms. The molecule has 2 aromatic rings. The second kappa shape index (κ2) is 3.43. The fourth-order valence-corrected chi connectivity index (χ4v) is 2.89. The first kappa shape index (κ1) is 9.23. The number of thiophene rings is 1. The van der Waals surface area contributed by atoms with Crippen molar-refractivity contribution in [2.45, 2.75) is 20.3 Å². The second-order valence-corrected chi connectivity index (χ2v) is 4.46. The maximum atomic E-state index is 8.75. The summed E-state index contributed by atoms with van der Waals surface area (Å²) >= 11 is 1.76. The van der Waals surface area contributed by atoms with Gasteiger partial charge in [0, 0.05) is 4.70 Å². The Hall–Kier alpha value is -1.33. The molecule has 0 amide bonds. The summed E-state index contributed by atoms with van der Waals surface area (Å²) in [4.78, 5) is 0. The van der Waals surface area contributed by atoms with Gasteiger partial charge in [0.15, 0.2) is 0 Å². The molecule has 0 aliphatic carbocycles. The molecule has 1 nitrogen and oxygen atoms in total. The molecule has 0 aliphatic rings. The molecule has 0 N–H and O–H groups in total. The first-order valence-electron chi connectivity index (χ1n) is 4.56. The normalized spacial score (nSPS) is 10.4. The molecule has 0 radical (unpaired) electrons. The Morgan fingerprint density at radius 2 is 2.14 bits per heavy atom. The highest BCUT2D eigenvalue weighted by Gasteiger charge is 2.06. The quantitative estimate of drug-likeness (QED) is 0.691. The monoisotopic (exact) mass is 201 g/mol. The van der Waals surface area contributed by atoms with Gasteiger partial charge in [-0.25, -0.2) is 0 Å². The zero-order valence-electron chi connectivity index (χ0n) is 8.29. The predicted molar refractivity (Wildman–Crippen MR) is 60.6 cm³/mol. The van der Waals surface area contributed by atoms with Gasteiger partial charge in [-0.1, -0.05) is 6.07 Å². The van der Waals surface area contributed by atoms with E-state index in [4.69, 9.17) is 5.26 Å². The number of nitriles is 1. The Kier molecular flexibility index (Phi) is 2.26. The largest absolute Gasteiger partial charge is 0.198 e. The molecule has 0 aliphatic heterocycles. The van der Waals surface area contributed by atoms with E-state index in [9.17, 15) is 0 Å². The smallest absolute Gasteiger partial charge is 0.0669 e. The van der Waals surface area contributed by atoms with Crippen molar-refractivity contribution in [1.82, 2.24) is 0 Å². The van der Waals surface area contributed by atoms with Gasteiger partial charge in [-0.15, -0.1) is 11.3 Å². The Morgan fingerprint density at radius 3 is 2.86 bits per heavy atom. The van der Waals surface area contributed by atoms with Crippen LogP contribution in [0.2, 0.25) is 0 Å². The van der Waals surface area contributed by atoms with Crippen molar-refractivity contribution < 1.29 is 0 Å². The van der Waals surface area contributed by atoms with E-state index < -0.39 is 0 Å². The molecule has 1 heterocycles. The van der Waals surface area contributed by atoms with Gasteiger partial charge in [0.05, 0.1) is 12.5 Å². The summed E-state index contributed by atoms with van der Waals surface area (Å²) in [7, 11) is 0. The van der Waals surface area contributed by atoms with Gasteiger partial charge >= 0.3 is 0 Å². The highest BCUT2D eigenvalue weighted by atomic mass is 32.1. The Labute approximate surface area is 87.6 Å². The van der Waals surface area contributed by atoms with E-state index in [0.29, 0.717) is 6.42 Å². The number of benzene rings is 1. The van der Waals surface area contributed by atoms with Crippen molar-refractivity contribution in [3.63, 3.8) is 0 Å². The van der Waals surface area contributed by atoms with Gasteiger partial charge in [-0.05, 0) is 47.4 Å². The molecule has 1 aromatic heterocycles. The predicted octanol–water partition coefficient (Wildman–Crippen LogP) is 3.58. The molecule has 0 spiro atoms. The van der Waals surface area contributed by atoms with E-state index in [1.54, 1.807) is 11.3 Å². The van der Waals surface area contributed by atoms with Crippen LogP contribution in [0.3, 0.4) is 0 Å². The molecule has 0 unspecified atom stereocenters. The zero-order valence-corrected chi connectivity index (χ0v) is 9.11. The molecule has 1 aromatic carbocycles. The third kappa shape index (κ3) is 1.40. The van der Waals surface area contributed by atoms with Gasteiger partial charge in [0.2, 0.25) is 0 Å². The average Bonchev–Trinajstić information content (AvgIpc) is 2.48. The Bertz CT molecular complexity index is 517. The minimum absolute atomic E-state index is 0.510. The number of aryl methyl sites for hydroxylation is 2. The summed E-state index contributed by atoms with van der Waals surface area (Å²) in [5.41, 5.74) is 3.70. The van der Waals surface area contributed by atoms with Gasteiger partial charge < -0.3 is 0 Å². The summed E-state index contributed by atoms with van der Waals surface area (Å²) in [6, 6.07) is 6.53. The van der Waals surface area contributed by atoms with Gasteiger partial charge in [-0.2, -0.15) is 5.26 Å². The molecule has 0 saturated carbocycles. The number of fused-ring (bicyclic) bond motifs is 1. The van der Waals surface area contributed by atoms with Gasteiger partial charge in [0.1, 0.15) is 0 Å². The van der Waals surface area contributed by atoms with Crippen LogP contribution in [0.1, 0.15) is 16.7 Å². The molecule has 2 rings (SSSR count). The minimum atomic E-state index is 0.510. The van der Waals surface area contributed by atoms with Crippen molar-refractivity contribution in [2.75, 3.05) is 0 Å². The Balaban J connectivity index is 2.78. The SMILES string of the molecule is Cc1cc(CC#N)c2c(C)csc2c1. The molecule has 70 valence electrons. The lowest BCUT2D eigenvalue weighted by Gasteiger charge is -2.02. The van der Waals surface area contributed by atoms with E-state index >= 15 is 0 Å². The molecule has 14 heavy (non-hydrogen) atoms. The van der Waals surface area contributed by atoms with Crippen LogP contribution in [-0.4, -0.2) is 0 Å². The van der Waals surface area contributed by atoms with E-state index in [1.165, 1.54) is 26.8 Å². The standard InChI is InChI=1S/C12H11NS/c1-8-5-10(3-4-13)12-9(2)7-14-11(12)6-8/h5-7H,3H2,1-2H3. The lowest BCUT2D eigenvalue weighted by molar-refractivity contribution is 1.27. The maximum Gasteiger partial charge on any atom is 0.0669 e. The first-order chi connectivity index (χ1) is 6.72. The third-order valence-corrected chi connectivity index (χ3v) is 3.40. The van der Waals surface area contributed by atoms with Gasteiger partial charge in [0.25, 0.3) is 0 Å². The summed E-state index contributed by atoms with van der Waals surface area (Å²) in [5, 5.41) is 12.2. The van der Waals surface area contributed by atoms with Crippen LogP contribution in [-0.2, 0) is 6.42 Å². The average molecular weight is 201 g/mol. The van der Waals surface area contributed by atoms with E-state index in [0.717, 1.165) is 0 Å². The van der Waals surface area contributed by atoms with Crippen molar-refractivity contribution in [2.24, 2.45) is 0 Å². The number of rotatable bonds is 1.